The zero-order valence-corrected chi connectivity index (χ0v) is 15.3. The number of halogens is 4. The topological polar surface area (TPSA) is 19.4 Å². The van der Waals surface area contributed by atoms with Crippen LogP contribution in [0.4, 0.5) is 17.7 Å². The average molecular weight is 385 g/mol. The molecule has 1 aliphatic heterocycles. The van der Waals surface area contributed by atoms with Crippen LogP contribution in [0.25, 0.3) is 11.1 Å². The maximum absolute atomic E-state index is 13.6. The SMILES string of the molecule is Cc1ccc(-c2ccc(SN3CCN(F)CC3)nc2C(F)(F)F)cc1C. The minimum absolute atomic E-state index is 0.0681. The predicted octanol–water partition coefficient (Wildman–Crippen LogP) is 4.89. The highest BCUT2D eigenvalue weighted by Gasteiger charge is 2.36. The minimum Gasteiger partial charge on any atom is -0.242 e. The minimum atomic E-state index is -4.55. The number of benzene rings is 1. The molecule has 2 aromatic rings. The predicted molar refractivity (Wildman–Crippen MR) is 94.3 cm³/mol. The van der Waals surface area contributed by atoms with E-state index in [-0.39, 0.29) is 23.7 Å². The average Bonchev–Trinajstić information content (AvgIpc) is 2.59. The Bertz CT molecular complexity index is 786. The standard InChI is InChI=1S/C18H19F4N3S/c1-12-3-4-14(11-13(12)2)15-5-6-16(23-17(15)18(19,20)21)26-25-9-7-24(22)8-10-25/h3-6,11H,7-10H2,1-2H3. The summed E-state index contributed by atoms with van der Waals surface area (Å²) in [6.07, 6.45) is -4.55. The van der Waals surface area contributed by atoms with E-state index in [1.807, 2.05) is 24.2 Å². The lowest BCUT2D eigenvalue weighted by molar-refractivity contribution is -0.141. The Balaban J connectivity index is 1.92. The van der Waals surface area contributed by atoms with Gasteiger partial charge in [-0.25, -0.2) is 9.29 Å². The third kappa shape index (κ3) is 4.36. The van der Waals surface area contributed by atoms with Crippen LogP contribution in [-0.4, -0.2) is 40.6 Å². The van der Waals surface area contributed by atoms with Crippen LogP contribution < -0.4 is 0 Å². The van der Waals surface area contributed by atoms with Crippen molar-refractivity contribution in [2.24, 2.45) is 0 Å². The molecule has 3 nitrogen and oxygen atoms in total. The molecule has 1 saturated heterocycles. The number of piperazine rings is 1. The first kappa shape index (κ1) is 19.1. The van der Waals surface area contributed by atoms with Crippen molar-refractivity contribution < 1.29 is 17.7 Å². The first-order valence-corrected chi connectivity index (χ1v) is 9.01. The van der Waals surface area contributed by atoms with Crippen LogP contribution in [-0.2, 0) is 6.18 Å². The fourth-order valence-corrected chi connectivity index (χ4v) is 3.61. The molecule has 0 N–H and O–H groups in total. The molecule has 0 amide bonds. The highest BCUT2D eigenvalue weighted by atomic mass is 32.2. The third-order valence-electron chi connectivity index (χ3n) is 4.36. The number of hydrogen-bond acceptors (Lipinski definition) is 4. The summed E-state index contributed by atoms with van der Waals surface area (Å²) >= 11 is 1.14. The Morgan fingerprint density at radius 3 is 2.27 bits per heavy atom. The Morgan fingerprint density at radius 2 is 1.65 bits per heavy atom. The molecule has 1 aromatic heterocycles. The van der Waals surface area contributed by atoms with Crippen molar-refractivity contribution in [1.82, 2.24) is 14.4 Å². The summed E-state index contributed by atoms with van der Waals surface area (Å²) in [4.78, 5) is 3.87. The fraction of sp³-hybridized carbons (Fsp3) is 0.389. The number of pyridine rings is 1. The van der Waals surface area contributed by atoms with Crippen molar-refractivity contribution in [3.05, 3.63) is 47.2 Å². The molecule has 0 aliphatic carbocycles. The summed E-state index contributed by atoms with van der Waals surface area (Å²) in [5.41, 5.74) is 1.62. The van der Waals surface area contributed by atoms with Gasteiger partial charge in [-0.3, -0.25) is 0 Å². The van der Waals surface area contributed by atoms with Crippen molar-refractivity contribution >= 4 is 11.9 Å². The van der Waals surface area contributed by atoms with Crippen LogP contribution in [0.15, 0.2) is 35.4 Å². The zero-order chi connectivity index (χ0) is 18.9. The fourth-order valence-electron chi connectivity index (χ4n) is 2.74. The molecule has 0 saturated carbocycles. The maximum Gasteiger partial charge on any atom is 0.434 e. The van der Waals surface area contributed by atoms with Gasteiger partial charge in [-0.2, -0.15) is 13.2 Å². The van der Waals surface area contributed by atoms with Gasteiger partial charge >= 0.3 is 6.18 Å². The van der Waals surface area contributed by atoms with Gasteiger partial charge in [0.05, 0.1) is 0 Å². The van der Waals surface area contributed by atoms with E-state index in [9.17, 15) is 17.7 Å². The second-order valence-electron chi connectivity index (χ2n) is 6.27. The maximum atomic E-state index is 13.6. The molecular formula is C18H19F4N3S. The Labute approximate surface area is 154 Å². The van der Waals surface area contributed by atoms with E-state index in [1.165, 1.54) is 6.07 Å². The number of rotatable bonds is 3. The van der Waals surface area contributed by atoms with Crippen molar-refractivity contribution in [2.75, 3.05) is 26.2 Å². The van der Waals surface area contributed by atoms with Crippen LogP contribution in [0.3, 0.4) is 0 Å². The van der Waals surface area contributed by atoms with Gasteiger partial charge in [-0.1, -0.05) is 18.2 Å². The second kappa shape index (κ2) is 7.54. The van der Waals surface area contributed by atoms with Gasteiger partial charge in [0.25, 0.3) is 0 Å². The molecule has 0 unspecified atom stereocenters. The monoisotopic (exact) mass is 385 g/mol. The lowest BCUT2D eigenvalue weighted by Gasteiger charge is -2.28. The van der Waals surface area contributed by atoms with Gasteiger partial charge in [0, 0.05) is 31.7 Å². The quantitative estimate of drug-likeness (QED) is 0.425. The number of aryl methyl sites for hydroxylation is 2. The Kier molecular flexibility index (Phi) is 5.55. The molecule has 1 aliphatic rings. The van der Waals surface area contributed by atoms with Crippen molar-refractivity contribution in [3.8, 4) is 11.1 Å². The molecule has 2 heterocycles. The second-order valence-corrected chi connectivity index (χ2v) is 7.39. The van der Waals surface area contributed by atoms with Crippen LogP contribution in [0.2, 0.25) is 0 Å². The van der Waals surface area contributed by atoms with Crippen molar-refractivity contribution in [3.63, 3.8) is 0 Å². The van der Waals surface area contributed by atoms with Gasteiger partial charge in [-0.05, 0) is 54.6 Å². The number of nitrogens with zero attached hydrogens (tertiary/aromatic N) is 3. The summed E-state index contributed by atoms with van der Waals surface area (Å²) in [6.45, 7) is 5.12. The summed E-state index contributed by atoms with van der Waals surface area (Å²) in [6, 6.07) is 8.29. The largest absolute Gasteiger partial charge is 0.434 e. The van der Waals surface area contributed by atoms with Gasteiger partial charge < -0.3 is 0 Å². The van der Waals surface area contributed by atoms with Crippen LogP contribution in [0.5, 0.6) is 0 Å². The van der Waals surface area contributed by atoms with Gasteiger partial charge in [0.1, 0.15) is 5.03 Å². The third-order valence-corrected chi connectivity index (χ3v) is 5.40. The summed E-state index contributed by atoms with van der Waals surface area (Å²) in [5.74, 6) is 0. The highest BCUT2D eigenvalue weighted by Crippen LogP contribution is 2.38. The zero-order valence-electron chi connectivity index (χ0n) is 14.5. The Hall–Kier alpha value is -1.64. The van der Waals surface area contributed by atoms with E-state index >= 15 is 0 Å². The van der Waals surface area contributed by atoms with E-state index in [4.69, 9.17) is 0 Å². The normalized spacial score (nSPS) is 16.8. The molecule has 1 fully saturated rings. The summed E-state index contributed by atoms with van der Waals surface area (Å²) in [7, 11) is 0. The Morgan fingerprint density at radius 1 is 0.962 bits per heavy atom. The molecule has 0 spiro atoms. The summed E-state index contributed by atoms with van der Waals surface area (Å²) in [5, 5.41) is 0.964. The van der Waals surface area contributed by atoms with Crippen LogP contribution in [0, 0.1) is 13.8 Å². The first-order valence-electron chi connectivity index (χ1n) is 8.23. The van der Waals surface area contributed by atoms with Gasteiger partial charge in [0.2, 0.25) is 0 Å². The number of alkyl halides is 3. The molecule has 0 atom stereocenters. The lowest BCUT2D eigenvalue weighted by atomic mass is 9.99. The molecule has 0 radical (unpaired) electrons. The van der Waals surface area contributed by atoms with E-state index in [0.717, 1.165) is 23.1 Å². The van der Waals surface area contributed by atoms with Gasteiger partial charge in [0.15, 0.2) is 5.69 Å². The van der Waals surface area contributed by atoms with Crippen molar-refractivity contribution in [2.45, 2.75) is 25.0 Å². The van der Waals surface area contributed by atoms with Crippen LogP contribution in [0.1, 0.15) is 16.8 Å². The highest BCUT2D eigenvalue weighted by molar-refractivity contribution is 7.97. The molecule has 0 bridgehead atoms. The summed E-state index contributed by atoms with van der Waals surface area (Å²) < 4.78 is 55.6. The van der Waals surface area contributed by atoms with E-state index in [1.54, 1.807) is 18.2 Å². The molecular weight excluding hydrogens is 366 g/mol. The molecule has 1 aromatic carbocycles. The first-order chi connectivity index (χ1) is 12.2. The smallest absolute Gasteiger partial charge is 0.242 e. The number of aromatic nitrogens is 1. The molecule has 26 heavy (non-hydrogen) atoms. The van der Waals surface area contributed by atoms with E-state index in [2.05, 4.69) is 4.98 Å². The van der Waals surface area contributed by atoms with E-state index in [0.29, 0.717) is 23.8 Å². The molecule has 140 valence electrons. The number of hydrogen-bond donors (Lipinski definition) is 0. The van der Waals surface area contributed by atoms with E-state index < -0.39 is 11.9 Å². The molecule has 3 rings (SSSR count). The van der Waals surface area contributed by atoms with Crippen LogP contribution >= 0.6 is 11.9 Å². The van der Waals surface area contributed by atoms with Crippen molar-refractivity contribution in [1.29, 1.82) is 0 Å². The van der Waals surface area contributed by atoms with Gasteiger partial charge in [-0.15, -0.1) is 9.60 Å². The lowest BCUT2D eigenvalue weighted by Crippen LogP contribution is -2.39. The molecule has 8 heteroatoms.